The third-order valence-corrected chi connectivity index (χ3v) is 6.91. The molecular weight excluding hydrogens is 466 g/mol. The zero-order valence-electron chi connectivity index (χ0n) is 19.4. The minimum absolute atomic E-state index is 0.0317. The van der Waals surface area contributed by atoms with Gasteiger partial charge < -0.3 is 14.4 Å². The molecule has 1 atom stereocenters. The van der Waals surface area contributed by atoms with Crippen molar-refractivity contribution in [3.8, 4) is 22.8 Å². The predicted molar refractivity (Wildman–Crippen MR) is 133 cm³/mol. The van der Waals surface area contributed by atoms with Crippen LogP contribution in [0.15, 0.2) is 53.9 Å². The van der Waals surface area contributed by atoms with Gasteiger partial charge in [0.1, 0.15) is 0 Å². The molecule has 4 aromatic rings. The van der Waals surface area contributed by atoms with Gasteiger partial charge in [-0.05, 0) is 24.1 Å². The van der Waals surface area contributed by atoms with E-state index in [-0.39, 0.29) is 24.2 Å². The van der Waals surface area contributed by atoms with Gasteiger partial charge in [0.2, 0.25) is 22.7 Å². The van der Waals surface area contributed by atoms with Crippen molar-refractivity contribution in [3.05, 3.63) is 59.5 Å². The van der Waals surface area contributed by atoms with Gasteiger partial charge in [-0.2, -0.15) is 4.98 Å². The van der Waals surface area contributed by atoms with Crippen LogP contribution in [0.1, 0.15) is 12.0 Å². The summed E-state index contributed by atoms with van der Waals surface area (Å²) in [6.07, 6.45) is 0.830. The maximum absolute atomic E-state index is 12.9. The Balaban J connectivity index is 1.21. The Morgan fingerprint density at radius 2 is 1.94 bits per heavy atom. The van der Waals surface area contributed by atoms with Gasteiger partial charge in [-0.25, -0.2) is 4.52 Å². The Hall–Kier alpha value is -3.92. The van der Waals surface area contributed by atoms with Gasteiger partial charge in [-0.15, -0.1) is 16.4 Å². The number of thiazole rings is 1. The molecule has 10 heteroatoms. The first-order chi connectivity index (χ1) is 17.1. The van der Waals surface area contributed by atoms with Crippen molar-refractivity contribution in [1.82, 2.24) is 19.5 Å². The molecule has 2 amide bonds. The molecule has 180 valence electrons. The summed E-state index contributed by atoms with van der Waals surface area (Å²) < 4.78 is 12.4. The van der Waals surface area contributed by atoms with E-state index in [1.807, 2.05) is 53.9 Å². The van der Waals surface area contributed by atoms with Gasteiger partial charge >= 0.3 is 0 Å². The van der Waals surface area contributed by atoms with Crippen LogP contribution in [0.4, 0.5) is 5.95 Å². The highest BCUT2D eigenvalue weighted by atomic mass is 32.1. The minimum atomic E-state index is -0.442. The molecule has 1 aliphatic heterocycles. The average molecular weight is 492 g/mol. The molecule has 1 saturated heterocycles. The number of anilines is 1. The van der Waals surface area contributed by atoms with E-state index in [0.29, 0.717) is 36.0 Å². The molecule has 1 fully saturated rings. The van der Waals surface area contributed by atoms with Gasteiger partial charge in [0, 0.05) is 30.5 Å². The molecule has 1 unspecified atom stereocenters. The Kier molecular flexibility index (Phi) is 6.37. The van der Waals surface area contributed by atoms with Gasteiger partial charge in [0.15, 0.2) is 11.5 Å². The predicted octanol–water partition coefficient (Wildman–Crippen LogP) is 3.50. The summed E-state index contributed by atoms with van der Waals surface area (Å²) in [5, 5.41) is 9.25. The highest BCUT2D eigenvalue weighted by Gasteiger charge is 2.34. The number of fused-ring (bicyclic) bond motifs is 1. The van der Waals surface area contributed by atoms with Crippen LogP contribution in [0.5, 0.6) is 11.5 Å². The monoisotopic (exact) mass is 491 g/mol. The number of carbonyl (C=O) groups is 2. The fourth-order valence-electron chi connectivity index (χ4n) is 4.22. The number of aromatic nitrogens is 3. The highest BCUT2D eigenvalue weighted by molar-refractivity contribution is 7.15. The second-order valence-electron chi connectivity index (χ2n) is 8.29. The van der Waals surface area contributed by atoms with E-state index in [4.69, 9.17) is 9.47 Å². The molecule has 5 rings (SSSR count). The quantitative estimate of drug-likeness (QED) is 0.405. The molecule has 2 aromatic carbocycles. The molecule has 0 radical (unpaired) electrons. The van der Waals surface area contributed by atoms with Gasteiger partial charge in [-0.3, -0.25) is 14.9 Å². The van der Waals surface area contributed by atoms with Crippen LogP contribution in [-0.2, 0) is 16.0 Å². The van der Waals surface area contributed by atoms with Gasteiger partial charge in [-0.1, -0.05) is 36.4 Å². The van der Waals surface area contributed by atoms with E-state index in [1.165, 1.54) is 11.3 Å². The van der Waals surface area contributed by atoms with Crippen molar-refractivity contribution < 1.29 is 19.1 Å². The second-order valence-corrected chi connectivity index (χ2v) is 9.12. The first kappa shape index (κ1) is 22.9. The van der Waals surface area contributed by atoms with E-state index in [9.17, 15) is 9.59 Å². The summed E-state index contributed by atoms with van der Waals surface area (Å²) in [7, 11) is 3.19. The molecule has 0 bridgehead atoms. The molecule has 0 spiro atoms. The van der Waals surface area contributed by atoms with Crippen LogP contribution in [-0.4, -0.2) is 58.6 Å². The van der Waals surface area contributed by atoms with Crippen LogP contribution < -0.4 is 14.8 Å². The topological polar surface area (TPSA) is 98.1 Å². The Bertz CT molecular complexity index is 1370. The number of rotatable bonds is 8. The first-order valence-electron chi connectivity index (χ1n) is 11.2. The Labute approximate surface area is 206 Å². The SMILES string of the molecule is COc1ccc(CCN2CC(C(=O)Nc3nc4scc(-c5ccccc5)n4n3)CC2=O)cc1OC. The lowest BCUT2D eigenvalue weighted by molar-refractivity contribution is -0.128. The van der Waals surface area contributed by atoms with Crippen LogP contribution in [0.3, 0.4) is 0 Å². The number of nitrogens with one attached hydrogen (secondary N) is 1. The number of hydrogen-bond donors (Lipinski definition) is 1. The van der Waals surface area contributed by atoms with E-state index in [2.05, 4.69) is 15.4 Å². The zero-order chi connectivity index (χ0) is 24.4. The minimum Gasteiger partial charge on any atom is -0.493 e. The number of likely N-dealkylation sites (tertiary alicyclic amines) is 1. The van der Waals surface area contributed by atoms with Crippen molar-refractivity contribution in [2.45, 2.75) is 12.8 Å². The number of benzene rings is 2. The van der Waals surface area contributed by atoms with Crippen LogP contribution in [0.2, 0.25) is 0 Å². The maximum Gasteiger partial charge on any atom is 0.250 e. The zero-order valence-corrected chi connectivity index (χ0v) is 20.2. The summed E-state index contributed by atoms with van der Waals surface area (Å²) in [5.41, 5.74) is 2.96. The average Bonchev–Trinajstić information content (AvgIpc) is 3.57. The number of methoxy groups -OCH3 is 2. The lowest BCUT2D eigenvalue weighted by Gasteiger charge is -2.17. The van der Waals surface area contributed by atoms with Crippen molar-refractivity contribution in [1.29, 1.82) is 0 Å². The second kappa shape index (κ2) is 9.75. The molecule has 1 N–H and O–H groups in total. The lowest BCUT2D eigenvalue weighted by Crippen LogP contribution is -2.30. The number of carbonyl (C=O) groups excluding carboxylic acids is 2. The molecule has 35 heavy (non-hydrogen) atoms. The van der Waals surface area contributed by atoms with Crippen LogP contribution in [0.25, 0.3) is 16.2 Å². The van der Waals surface area contributed by atoms with Crippen LogP contribution >= 0.6 is 11.3 Å². The molecule has 9 nitrogen and oxygen atoms in total. The molecule has 2 aromatic heterocycles. The van der Waals surface area contributed by atoms with Gasteiger partial charge in [0.25, 0.3) is 0 Å². The molecule has 3 heterocycles. The number of ether oxygens (including phenoxy) is 2. The van der Waals surface area contributed by atoms with Crippen molar-refractivity contribution >= 4 is 34.1 Å². The third kappa shape index (κ3) is 4.69. The van der Waals surface area contributed by atoms with E-state index < -0.39 is 5.92 Å². The lowest BCUT2D eigenvalue weighted by atomic mass is 10.1. The van der Waals surface area contributed by atoms with Crippen LogP contribution in [0, 0.1) is 5.92 Å². The summed E-state index contributed by atoms with van der Waals surface area (Å²) >= 11 is 1.46. The smallest absolute Gasteiger partial charge is 0.250 e. The Morgan fingerprint density at radius 3 is 2.71 bits per heavy atom. The van der Waals surface area contributed by atoms with Gasteiger partial charge in [0.05, 0.1) is 25.8 Å². The Morgan fingerprint density at radius 1 is 1.14 bits per heavy atom. The third-order valence-electron chi connectivity index (χ3n) is 6.09. The molecule has 0 aliphatic carbocycles. The van der Waals surface area contributed by atoms with E-state index in [1.54, 1.807) is 23.6 Å². The summed E-state index contributed by atoms with van der Waals surface area (Å²) in [5.74, 6) is 0.840. The van der Waals surface area contributed by atoms with E-state index in [0.717, 1.165) is 16.8 Å². The number of nitrogens with zero attached hydrogens (tertiary/aromatic N) is 4. The largest absolute Gasteiger partial charge is 0.493 e. The van der Waals surface area contributed by atoms with Crippen molar-refractivity contribution in [3.63, 3.8) is 0 Å². The molecule has 1 aliphatic rings. The standard InChI is InChI=1S/C25H25N5O4S/c1-33-20-9-8-16(12-21(20)34-2)10-11-29-14-18(13-22(29)31)23(32)26-24-27-25-30(28-24)19(15-35-25)17-6-4-3-5-7-17/h3-9,12,15,18H,10-11,13-14H2,1-2H3,(H,26,28,32). The fourth-order valence-corrected chi connectivity index (χ4v) is 5.05. The number of amides is 2. The van der Waals surface area contributed by atoms with Crippen molar-refractivity contribution in [2.24, 2.45) is 5.92 Å². The summed E-state index contributed by atoms with van der Waals surface area (Å²) in [6.45, 7) is 0.895. The first-order valence-corrected chi connectivity index (χ1v) is 12.1. The van der Waals surface area contributed by atoms with Crippen molar-refractivity contribution in [2.75, 3.05) is 32.6 Å². The number of hydrogen-bond acceptors (Lipinski definition) is 7. The summed E-state index contributed by atoms with van der Waals surface area (Å²) in [4.78, 5) is 32.3. The normalized spacial score (nSPS) is 15.5. The molecular formula is C25H25N5O4S. The molecule has 0 saturated carbocycles. The fraction of sp³-hybridized carbons (Fsp3) is 0.280. The highest BCUT2D eigenvalue weighted by Crippen LogP contribution is 2.29. The summed E-state index contributed by atoms with van der Waals surface area (Å²) in [6, 6.07) is 15.6. The van der Waals surface area contributed by atoms with E-state index >= 15 is 0 Å². The maximum atomic E-state index is 12.9.